The number of aliphatic hydroxyl groups is 1. The van der Waals surface area contributed by atoms with Crippen LogP contribution >= 0.6 is 11.6 Å². The molecule has 1 aromatic heterocycles. The molecule has 1 aliphatic rings. The van der Waals surface area contributed by atoms with Crippen molar-refractivity contribution in [3.63, 3.8) is 0 Å². The Morgan fingerprint density at radius 3 is 2.47 bits per heavy atom. The molecule has 0 amide bonds. The molecule has 1 aromatic rings. The van der Waals surface area contributed by atoms with Gasteiger partial charge in [-0.25, -0.2) is 0 Å². The molecule has 17 heavy (non-hydrogen) atoms. The van der Waals surface area contributed by atoms with E-state index in [9.17, 15) is 5.11 Å². The molecule has 7 heteroatoms. The summed E-state index contributed by atoms with van der Waals surface area (Å²) in [7, 11) is 0. The average molecular weight is 258 g/mol. The number of aliphatic hydroxyl groups excluding tert-OH is 1. The van der Waals surface area contributed by atoms with Crippen molar-refractivity contribution >= 4 is 23.5 Å². The number of halogens is 1. The van der Waals surface area contributed by atoms with E-state index in [0.717, 1.165) is 25.9 Å². The predicted octanol–water partition coefficient (Wildman–Crippen LogP) is 1.14. The lowest BCUT2D eigenvalue weighted by molar-refractivity contribution is 0.0486. The molecular weight excluding hydrogens is 242 g/mol. The summed E-state index contributed by atoms with van der Waals surface area (Å²) in [5.74, 6) is 1.44. The van der Waals surface area contributed by atoms with Gasteiger partial charge in [-0.2, -0.15) is 15.0 Å². The van der Waals surface area contributed by atoms with Crippen LogP contribution in [0.15, 0.2) is 0 Å². The van der Waals surface area contributed by atoms with E-state index >= 15 is 0 Å². The maximum Gasteiger partial charge on any atom is 0.228 e. The van der Waals surface area contributed by atoms with E-state index in [1.165, 1.54) is 0 Å². The lowest BCUT2D eigenvalue weighted by Crippen LogP contribution is -2.33. The van der Waals surface area contributed by atoms with Crippen LogP contribution in [-0.4, -0.2) is 39.3 Å². The molecule has 0 spiro atoms. The Balaban J connectivity index is 1.90. The SMILES string of the molecule is CCNc1nc(Cl)nc(NCC2CC(O)C2)n1. The van der Waals surface area contributed by atoms with Crippen LogP contribution in [0.4, 0.5) is 11.9 Å². The summed E-state index contributed by atoms with van der Waals surface area (Å²) in [6, 6.07) is 0. The summed E-state index contributed by atoms with van der Waals surface area (Å²) in [4.78, 5) is 12.1. The molecule has 0 saturated heterocycles. The Bertz CT molecular complexity index is 383. The highest BCUT2D eigenvalue weighted by molar-refractivity contribution is 6.28. The van der Waals surface area contributed by atoms with Gasteiger partial charge in [-0.3, -0.25) is 0 Å². The second-order valence-corrected chi connectivity index (χ2v) is 4.49. The minimum absolute atomic E-state index is 0.138. The molecule has 0 unspecified atom stereocenters. The van der Waals surface area contributed by atoms with Crippen molar-refractivity contribution < 1.29 is 5.11 Å². The molecule has 0 aliphatic heterocycles. The van der Waals surface area contributed by atoms with E-state index in [0.29, 0.717) is 17.8 Å². The Labute approximate surface area is 105 Å². The van der Waals surface area contributed by atoms with Crippen LogP contribution in [0.25, 0.3) is 0 Å². The molecule has 6 nitrogen and oxygen atoms in total. The number of nitrogens with zero attached hydrogens (tertiary/aromatic N) is 3. The Morgan fingerprint density at radius 1 is 1.24 bits per heavy atom. The van der Waals surface area contributed by atoms with E-state index < -0.39 is 0 Å². The van der Waals surface area contributed by atoms with Gasteiger partial charge >= 0.3 is 0 Å². The molecule has 1 aliphatic carbocycles. The highest BCUT2D eigenvalue weighted by Crippen LogP contribution is 2.27. The smallest absolute Gasteiger partial charge is 0.228 e. The van der Waals surface area contributed by atoms with Crippen molar-refractivity contribution in [2.45, 2.75) is 25.9 Å². The van der Waals surface area contributed by atoms with Gasteiger partial charge in [0.1, 0.15) is 0 Å². The Hall–Kier alpha value is -1.14. The summed E-state index contributed by atoms with van der Waals surface area (Å²) in [6.07, 6.45) is 1.54. The monoisotopic (exact) mass is 257 g/mol. The molecular formula is C10H16ClN5O. The molecule has 0 atom stereocenters. The van der Waals surface area contributed by atoms with Crippen LogP contribution in [0.1, 0.15) is 19.8 Å². The van der Waals surface area contributed by atoms with Gasteiger partial charge in [0, 0.05) is 13.1 Å². The summed E-state index contributed by atoms with van der Waals surface area (Å²) in [6.45, 7) is 3.44. The minimum atomic E-state index is -0.138. The third-order valence-electron chi connectivity index (χ3n) is 2.70. The van der Waals surface area contributed by atoms with Crippen molar-refractivity contribution in [3.05, 3.63) is 5.28 Å². The van der Waals surface area contributed by atoms with Gasteiger partial charge in [0.2, 0.25) is 17.2 Å². The number of hydrogen-bond acceptors (Lipinski definition) is 6. The molecule has 1 fully saturated rings. The molecule has 1 saturated carbocycles. The maximum atomic E-state index is 9.17. The standard InChI is InChI=1S/C10H16ClN5O/c1-2-12-9-14-8(11)15-10(16-9)13-5-6-3-7(17)4-6/h6-7,17H,2-5H2,1H3,(H2,12,13,14,15,16). The predicted molar refractivity (Wildman–Crippen MR) is 66.2 cm³/mol. The number of rotatable bonds is 5. The van der Waals surface area contributed by atoms with Crippen molar-refractivity contribution in [3.8, 4) is 0 Å². The molecule has 0 bridgehead atoms. The third-order valence-corrected chi connectivity index (χ3v) is 2.87. The zero-order chi connectivity index (χ0) is 12.3. The first kappa shape index (κ1) is 12.3. The maximum absolute atomic E-state index is 9.17. The molecule has 3 N–H and O–H groups in total. The van der Waals surface area contributed by atoms with Crippen LogP contribution in [-0.2, 0) is 0 Å². The molecule has 94 valence electrons. The van der Waals surface area contributed by atoms with Crippen molar-refractivity contribution in [1.29, 1.82) is 0 Å². The minimum Gasteiger partial charge on any atom is -0.393 e. The van der Waals surface area contributed by atoms with Gasteiger partial charge in [-0.05, 0) is 37.3 Å². The lowest BCUT2D eigenvalue weighted by atomic mass is 9.82. The fourth-order valence-corrected chi connectivity index (χ4v) is 1.93. The van der Waals surface area contributed by atoms with E-state index in [1.807, 2.05) is 6.92 Å². The largest absolute Gasteiger partial charge is 0.393 e. The molecule has 1 heterocycles. The summed E-state index contributed by atoms with van der Waals surface area (Å²) in [5, 5.41) is 15.4. The van der Waals surface area contributed by atoms with Crippen molar-refractivity contribution in [2.24, 2.45) is 5.92 Å². The fourth-order valence-electron chi connectivity index (χ4n) is 1.77. The van der Waals surface area contributed by atoms with Gasteiger partial charge in [0.05, 0.1) is 6.10 Å². The first-order chi connectivity index (χ1) is 8.17. The third kappa shape index (κ3) is 3.41. The highest BCUT2D eigenvalue weighted by atomic mass is 35.5. The summed E-state index contributed by atoms with van der Waals surface area (Å²) in [5.41, 5.74) is 0. The first-order valence-corrected chi connectivity index (χ1v) is 6.12. The Morgan fingerprint density at radius 2 is 1.88 bits per heavy atom. The highest BCUT2D eigenvalue weighted by Gasteiger charge is 2.26. The topological polar surface area (TPSA) is 83.0 Å². The van der Waals surface area contributed by atoms with Crippen LogP contribution in [0.5, 0.6) is 0 Å². The van der Waals surface area contributed by atoms with Gasteiger partial charge in [0.15, 0.2) is 0 Å². The molecule has 0 aromatic carbocycles. The Kier molecular flexibility index (Phi) is 3.96. The van der Waals surface area contributed by atoms with Crippen LogP contribution < -0.4 is 10.6 Å². The number of hydrogen-bond donors (Lipinski definition) is 3. The molecule has 0 radical (unpaired) electrons. The number of aromatic nitrogens is 3. The van der Waals surface area contributed by atoms with Crippen LogP contribution in [0, 0.1) is 5.92 Å². The fraction of sp³-hybridized carbons (Fsp3) is 0.700. The van der Waals surface area contributed by atoms with Crippen molar-refractivity contribution in [2.75, 3.05) is 23.7 Å². The zero-order valence-corrected chi connectivity index (χ0v) is 10.4. The van der Waals surface area contributed by atoms with E-state index in [4.69, 9.17) is 11.6 Å². The van der Waals surface area contributed by atoms with Gasteiger partial charge < -0.3 is 15.7 Å². The lowest BCUT2D eigenvalue weighted by Gasteiger charge is -2.31. The normalized spacial score (nSPS) is 23.0. The number of anilines is 2. The van der Waals surface area contributed by atoms with Crippen LogP contribution in [0.2, 0.25) is 5.28 Å². The van der Waals surface area contributed by atoms with Gasteiger partial charge in [-0.1, -0.05) is 0 Å². The van der Waals surface area contributed by atoms with Crippen molar-refractivity contribution in [1.82, 2.24) is 15.0 Å². The summed E-state index contributed by atoms with van der Waals surface area (Å²) < 4.78 is 0. The van der Waals surface area contributed by atoms with E-state index in [2.05, 4.69) is 25.6 Å². The van der Waals surface area contributed by atoms with Crippen LogP contribution in [0.3, 0.4) is 0 Å². The summed E-state index contributed by atoms with van der Waals surface area (Å²) >= 11 is 5.79. The quantitative estimate of drug-likeness (QED) is 0.734. The zero-order valence-electron chi connectivity index (χ0n) is 9.65. The average Bonchev–Trinajstić information content (AvgIpc) is 2.22. The van der Waals surface area contributed by atoms with Gasteiger partial charge in [0.25, 0.3) is 0 Å². The molecule has 2 rings (SSSR count). The second-order valence-electron chi connectivity index (χ2n) is 4.15. The number of nitrogens with one attached hydrogen (secondary N) is 2. The first-order valence-electron chi connectivity index (χ1n) is 5.74. The second kappa shape index (κ2) is 5.46. The van der Waals surface area contributed by atoms with Gasteiger partial charge in [-0.15, -0.1) is 0 Å². The van der Waals surface area contributed by atoms with E-state index in [-0.39, 0.29) is 11.4 Å². The van der Waals surface area contributed by atoms with E-state index in [1.54, 1.807) is 0 Å².